The second-order valence-electron chi connectivity index (χ2n) is 3.67. The Morgan fingerprint density at radius 3 is 2.53 bits per heavy atom. The molecule has 0 N–H and O–H groups in total. The van der Waals surface area contributed by atoms with Gasteiger partial charge in [-0.1, -0.05) is 12.1 Å². The Morgan fingerprint density at radius 2 is 1.93 bits per heavy atom. The molecule has 1 atom stereocenters. The quantitative estimate of drug-likeness (QED) is 0.735. The van der Waals surface area contributed by atoms with Crippen molar-refractivity contribution in [3.05, 3.63) is 36.7 Å². The van der Waals surface area contributed by atoms with Crippen LogP contribution in [0.5, 0.6) is 5.75 Å². The largest absolute Gasteiger partial charge is 0.495 e. The van der Waals surface area contributed by atoms with Crippen molar-refractivity contribution in [1.29, 1.82) is 0 Å². The molecule has 1 aliphatic heterocycles. The number of benzene rings is 1. The SMILES string of the molecule is COc1ccccc1N1C=CN(C)C1C. The summed E-state index contributed by atoms with van der Waals surface area (Å²) in [6.45, 7) is 2.16. The number of nitrogens with zero attached hydrogens (tertiary/aromatic N) is 2. The molecule has 2 rings (SSSR count). The Morgan fingerprint density at radius 1 is 1.20 bits per heavy atom. The van der Waals surface area contributed by atoms with Gasteiger partial charge in [-0.15, -0.1) is 0 Å². The van der Waals surface area contributed by atoms with Crippen molar-refractivity contribution in [3.63, 3.8) is 0 Å². The number of methoxy groups -OCH3 is 1. The van der Waals surface area contributed by atoms with Crippen molar-refractivity contribution >= 4 is 5.69 Å². The number of para-hydroxylation sites is 2. The fourth-order valence-electron chi connectivity index (χ4n) is 1.75. The minimum absolute atomic E-state index is 0.335. The summed E-state index contributed by atoms with van der Waals surface area (Å²) in [5.41, 5.74) is 1.10. The van der Waals surface area contributed by atoms with Gasteiger partial charge in [0.2, 0.25) is 0 Å². The van der Waals surface area contributed by atoms with Crippen LogP contribution in [0.3, 0.4) is 0 Å². The zero-order valence-corrected chi connectivity index (χ0v) is 9.34. The van der Waals surface area contributed by atoms with Gasteiger partial charge in [0.15, 0.2) is 0 Å². The number of anilines is 1. The lowest BCUT2D eigenvalue weighted by Gasteiger charge is -2.28. The standard InChI is InChI=1S/C12H16N2O/c1-10-13(2)8-9-14(10)11-6-4-5-7-12(11)15-3/h4-10H,1-3H3. The minimum atomic E-state index is 0.335. The highest BCUT2D eigenvalue weighted by molar-refractivity contribution is 5.61. The summed E-state index contributed by atoms with van der Waals surface area (Å²) in [4.78, 5) is 4.35. The molecule has 0 amide bonds. The van der Waals surface area contributed by atoms with Crippen LogP contribution in [0.1, 0.15) is 6.92 Å². The molecule has 3 nitrogen and oxygen atoms in total. The van der Waals surface area contributed by atoms with Crippen molar-refractivity contribution in [3.8, 4) is 5.75 Å². The maximum Gasteiger partial charge on any atom is 0.142 e. The van der Waals surface area contributed by atoms with Crippen LogP contribution in [0, 0.1) is 0 Å². The van der Waals surface area contributed by atoms with Gasteiger partial charge in [-0.25, -0.2) is 0 Å². The van der Waals surface area contributed by atoms with Crippen LogP contribution in [-0.2, 0) is 0 Å². The highest BCUT2D eigenvalue weighted by Gasteiger charge is 2.22. The Kier molecular flexibility index (Phi) is 2.54. The highest BCUT2D eigenvalue weighted by Crippen LogP contribution is 2.31. The average molecular weight is 204 g/mol. The molecule has 80 valence electrons. The monoisotopic (exact) mass is 204 g/mol. The van der Waals surface area contributed by atoms with Crippen LogP contribution >= 0.6 is 0 Å². The topological polar surface area (TPSA) is 15.7 Å². The van der Waals surface area contributed by atoms with Gasteiger partial charge in [0.05, 0.1) is 12.8 Å². The molecule has 0 radical (unpaired) electrons. The smallest absolute Gasteiger partial charge is 0.142 e. The number of rotatable bonds is 2. The second-order valence-corrected chi connectivity index (χ2v) is 3.67. The third-order valence-corrected chi connectivity index (χ3v) is 2.82. The van der Waals surface area contributed by atoms with E-state index in [9.17, 15) is 0 Å². The molecule has 0 bridgehead atoms. The van der Waals surface area contributed by atoms with Crippen molar-refractivity contribution in [2.75, 3.05) is 19.1 Å². The zero-order chi connectivity index (χ0) is 10.8. The Hall–Kier alpha value is -1.64. The van der Waals surface area contributed by atoms with Crippen LogP contribution in [0.2, 0.25) is 0 Å². The summed E-state index contributed by atoms with van der Waals surface area (Å²) in [5, 5.41) is 0. The molecule has 1 heterocycles. The molecule has 0 spiro atoms. The van der Waals surface area contributed by atoms with Crippen molar-refractivity contribution in [2.24, 2.45) is 0 Å². The summed E-state index contributed by atoms with van der Waals surface area (Å²) < 4.78 is 5.35. The molecule has 0 aliphatic carbocycles. The van der Waals surface area contributed by atoms with E-state index in [4.69, 9.17) is 4.74 Å². The Labute approximate surface area is 90.6 Å². The van der Waals surface area contributed by atoms with E-state index in [1.165, 1.54) is 0 Å². The summed E-state index contributed by atoms with van der Waals surface area (Å²) in [7, 11) is 3.77. The summed E-state index contributed by atoms with van der Waals surface area (Å²) >= 11 is 0. The zero-order valence-electron chi connectivity index (χ0n) is 9.34. The van der Waals surface area contributed by atoms with Gasteiger partial charge in [-0.05, 0) is 19.1 Å². The van der Waals surface area contributed by atoms with Gasteiger partial charge in [-0.3, -0.25) is 0 Å². The third kappa shape index (κ3) is 1.65. The van der Waals surface area contributed by atoms with E-state index < -0.39 is 0 Å². The number of hydrogen-bond acceptors (Lipinski definition) is 3. The molecule has 1 unspecified atom stereocenters. The molecule has 1 aliphatic rings. The van der Waals surface area contributed by atoms with Gasteiger partial charge >= 0.3 is 0 Å². The van der Waals surface area contributed by atoms with Gasteiger partial charge in [0.1, 0.15) is 11.9 Å². The third-order valence-electron chi connectivity index (χ3n) is 2.82. The summed E-state index contributed by atoms with van der Waals surface area (Å²) in [6.07, 6.45) is 4.47. The molecule has 15 heavy (non-hydrogen) atoms. The maximum atomic E-state index is 5.35. The van der Waals surface area contributed by atoms with E-state index in [1.807, 2.05) is 18.2 Å². The first-order chi connectivity index (χ1) is 7.24. The first-order valence-electron chi connectivity index (χ1n) is 5.05. The normalized spacial score (nSPS) is 19.8. The van der Waals surface area contributed by atoms with E-state index in [-0.39, 0.29) is 0 Å². The first-order valence-corrected chi connectivity index (χ1v) is 5.05. The Balaban J connectivity index is 2.34. The van der Waals surface area contributed by atoms with Crippen molar-refractivity contribution < 1.29 is 4.74 Å². The van der Waals surface area contributed by atoms with E-state index in [0.717, 1.165) is 11.4 Å². The van der Waals surface area contributed by atoms with E-state index in [1.54, 1.807) is 7.11 Å². The fourth-order valence-corrected chi connectivity index (χ4v) is 1.75. The molecule has 0 aromatic heterocycles. The summed E-state index contributed by atoms with van der Waals surface area (Å²) in [5.74, 6) is 0.907. The molecule has 1 aromatic rings. The first kappa shape index (κ1) is 9.90. The van der Waals surface area contributed by atoms with Crippen LogP contribution in [-0.4, -0.2) is 25.2 Å². The molecule has 0 saturated heterocycles. The van der Waals surface area contributed by atoms with E-state index in [2.05, 4.69) is 42.2 Å². The number of ether oxygens (including phenoxy) is 1. The lowest BCUT2D eigenvalue weighted by atomic mass is 10.2. The minimum Gasteiger partial charge on any atom is -0.495 e. The molecule has 3 heteroatoms. The van der Waals surface area contributed by atoms with Crippen LogP contribution in [0.15, 0.2) is 36.7 Å². The van der Waals surface area contributed by atoms with Crippen LogP contribution < -0.4 is 9.64 Å². The average Bonchev–Trinajstić information content (AvgIpc) is 2.60. The second kappa shape index (κ2) is 3.85. The lowest BCUT2D eigenvalue weighted by Crippen LogP contribution is -2.33. The molecular weight excluding hydrogens is 188 g/mol. The molecule has 0 saturated carbocycles. The maximum absolute atomic E-state index is 5.35. The van der Waals surface area contributed by atoms with Crippen LogP contribution in [0.25, 0.3) is 0 Å². The lowest BCUT2D eigenvalue weighted by molar-refractivity contribution is 0.376. The van der Waals surface area contributed by atoms with Crippen molar-refractivity contribution in [1.82, 2.24) is 4.90 Å². The van der Waals surface area contributed by atoms with E-state index >= 15 is 0 Å². The molecule has 1 aromatic carbocycles. The highest BCUT2D eigenvalue weighted by atomic mass is 16.5. The number of hydrogen-bond donors (Lipinski definition) is 0. The van der Waals surface area contributed by atoms with Gasteiger partial charge < -0.3 is 14.5 Å². The van der Waals surface area contributed by atoms with Gasteiger partial charge in [-0.2, -0.15) is 0 Å². The van der Waals surface area contributed by atoms with Gasteiger partial charge in [0.25, 0.3) is 0 Å². The molecule has 0 fully saturated rings. The summed E-state index contributed by atoms with van der Waals surface area (Å²) in [6, 6.07) is 8.06. The van der Waals surface area contributed by atoms with E-state index in [0.29, 0.717) is 6.17 Å². The molecular formula is C12H16N2O. The predicted octanol–water partition coefficient (Wildman–Crippen LogP) is 2.26. The van der Waals surface area contributed by atoms with Crippen molar-refractivity contribution in [2.45, 2.75) is 13.1 Å². The van der Waals surface area contributed by atoms with Crippen LogP contribution in [0.4, 0.5) is 5.69 Å². The van der Waals surface area contributed by atoms with Gasteiger partial charge in [0, 0.05) is 19.4 Å². The fraction of sp³-hybridized carbons (Fsp3) is 0.333. The Bertz CT molecular complexity index is 376. The predicted molar refractivity (Wildman–Crippen MR) is 61.8 cm³/mol.